The maximum absolute atomic E-state index is 13.8. The Labute approximate surface area is 150 Å². The summed E-state index contributed by atoms with van der Waals surface area (Å²) in [5.41, 5.74) is 1.63. The number of ether oxygens (including phenoxy) is 1. The van der Waals surface area contributed by atoms with E-state index in [0.717, 1.165) is 11.3 Å². The molecule has 1 N–H and O–H groups in total. The molecule has 4 rings (SSSR count). The molecule has 1 atom stereocenters. The number of aryl methyl sites for hydroxylation is 1. The van der Waals surface area contributed by atoms with Gasteiger partial charge in [-0.15, -0.1) is 0 Å². The number of methoxy groups -OCH3 is 1. The average Bonchev–Trinajstić information content (AvgIpc) is 3.20. The monoisotopic (exact) mass is 354 g/mol. The van der Waals surface area contributed by atoms with Crippen molar-refractivity contribution in [3.8, 4) is 5.75 Å². The van der Waals surface area contributed by atoms with Gasteiger partial charge in [-0.05, 0) is 54.8 Å². The van der Waals surface area contributed by atoms with E-state index in [-0.39, 0.29) is 18.4 Å². The van der Waals surface area contributed by atoms with E-state index in [2.05, 4.69) is 5.32 Å². The first kappa shape index (κ1) is 16.6. The molecule has 2 heterocycles. The van der Waals surface area contributed by atoms with E-state index in [9.17, 15) is 14.0 Å². The summed E-state index contributed by atoms with van der Waals surface area (Å²) in [6.07, 6.45) is 0.527. The predicted molar refractivity (Wildman–Crippen MR) is 95.0 cm³/mol. The second-order valence-corrected chi connectivity index (χ2v) is 6.89. The first-order chi connectivity index (χ1) is 12.4. The number of halogens is 1. The number of anilines is 1. The maximum atomic E-state index is 13.8. The molecule has 0 unspecified atom stereocenters. The molecule has 2 amide bonds. The van der Waals surface area contributed by atoms with Crippen molar-refractivity contribution >= 4 is 17.5 Å². The normalized spacial score (nSPS) is 21.0. The lowest BCUT2D eigenvalue weighted by Gasteiger charge is -2.23. The Morgan fingerprint density at radius 3 is 2.81 bits per heavy atom. The minimum absolute atomic E-state index is 0.105. The third-order valence-electron chi connectivity index (χ3n) is 5.40. The molecule has 2 aromatic carbocycles. The van der Waals surface area contributed by atoms with Crippen molar-refractivity contribution in [2.24, 2.45) is 0 Å². The SMILES string of the molecule is COc1ccc2c(c1)[C@]1(CCN(C(=O)c3ccc(C)c(F)c3)C1)C(=O)N2. The molecule has 0 saturated carbocycles. The summed E-state index contributed by atoms with van der Waals surface area (Å²) >= 11 is 0. The van der Waals surface area contributed by atoms with Crippen molar-refractivity contribution in [3.63, 3.8) is 0 Å². The highest BCUT2D eigenvalue weighted by atomic mass is 19.1. The number of benzene rings is 2. The molecule has 2 aliphatic heterocycles. The van der Waals surface area contributed by atoms with Crippen LogP contribution >= 0.6 is 0 Å². The van der Waals surface area contributed by atoms with Gasteiger partial charge in [0.2, 0.25) is 5.91 Å². The number of hydrogen-bond donors (Lipinski definition) is 1. The molecular formula is C20H19FN2O3. The van der Waals surface area contributed by atoms with Crippen LogP contribution in [0.3, 0.4) is 0 Å². The van der Waals surface area contributed by atoms with Crippen molar-refractivity contribution in [3.05, 3.63) is 58.9 Å². The molecule has 0 bridgehead atoms. The van der Waals surface area contributed by atoms with Crippen LogP contribution in [0.4, 0.5) is 10.1 Å². The van der Waals surface area contributed by atoms with Gasteiger partial charge in [0.1, 0.15) is 11.6 Å². The van der Waals surface area contributed by atoms with E-state index < -0.39 is 11.2 Å². The molecular weight excluding hydrogens is 335 g/mol. The number of rotatable bonds is 2. The summed E-state index contributed by atoms with van der Waals surface area (Å²) in [7, 11) is 1.58. The van der Waals surface area contributed by atoms with E-state index in [4.69, 9.17) is 4.74 Å². The molecule has 1 spiro atoms. The number of carbonyl (C=O) groups is 2. The van der Waals surface area contributed by atoms with E-state index >= 15 is 0 Å². The fraction of sp³-hybridized carbons (Fsp3) is 0.300. The Bertz CT molecular complexity index is 927. The van der Waals surface area contributed by atoms with E-state index in [0.29, 0.717) is 29.8 Å². The number of carbonyl (C=O) groups excluding carboxylic acids is 2. The minimum atomic E-state index is -0.775. The van der Waals surface area contributed by atoms with Crippen LogP contribution in [0.5, 0.6) is 5.75 Å². The van der Waals surface area contributed by atoms with Crippen molar-refractivity contribution in [1.82, 2.24) is 4.90 Å². The molecule has 0 aromatic heterocycles. The van der Waals surface area contributed by atoms with Crippen molar-refractivity contribution in [2.45, 2.75) is 18.8 Å². The fourth-order valence-electron chi connectivity index (χ4n) is 3.82. The lowest BCUT2D eigenvalue weighted by molar-refractivity contribution is -0.120. The minimum Gasteiger partial charge on any atom is -0.497 e. The standard InChI is InChI=1S/C20H19FN2O3/c1-12-3-4-13(9-16(12)21)18(24)23-8-7-20(11-23)15-10-14(26-2)5-6-17(15)22-19(20)25/h3-6,9-10H,7-8,11H2,1-2H3,(H,22,25)/t20-/m1/s1. The molecule has 1 saturated heterocycles. The molecule has 134 valence electrons. The Balaban J connectivity index is 1.65. The highest BCUT2D eigenvalue weighted by Gasteiger charge is 2.52. The molecule has 6 heteroatoms. The topological polar surface area (TPSA) is 58.6 Å². The summed E-state index contributed by atoms with van der Waals surface area (Å²) in [6.45, 7) is 2.37. The lowest BCUT2D eigenvalue weighted by Crippen LogP contribution is -2.39. The van der Waals surface area contributed by atoms with Crippen LogP contribution in [0.2, 0.25) is 0 Å². The average molecular weight is 354 g/mol. The highest BCUT2D eigenvalue weighted by Crippen LogP contribution is 2.45. The largest absolute Gasteiger partial charge is 0.497 e. The summed E-state index contributed by atoms with van der Waals surface area (Å²) < 4.78 is 19.1. The Kier molecular flexibility index (Phi) is 3.72. The van der Waals surface area contributed by atoms with E-state index in [1.165, 1.54) is 6.07 Å². The van der Waals surface area contributed by atoms with Gasteiger partial charge < -0.3 is 15.0 Å². The van der Waals surface area contributed by atoms with Gasteiger partial charge in [-0.25, -0.2) is 4.39 Å². The quantitative estimate of drug-likeness (QED) is 0.902. The van der Waals surface area contributed by atoms with E-state index in [1.54, 1.807) is 37.1 Å². The molecule has 0 aliphatic carbocycles. The molecule has 1 fully saturated rings. The summed E-state index contributed by atoms with van der Waals surface area (Å²) in [5.74, 6) is -0.0977. The summed E-state index contributed by atoms with van der Waals surface area (Å²) in [5, 5.41) is 2.90. The summed E-state index contributed by atoms with van der Waals surface area (Å²) in [6, 6.07) is 9.95. The maximum Gasteiger partial charge on any atom is 0.254 e. The number of nitrogens with zero attached hydrogens (tertiary/aromatic N) is 1. The number of hydrogen-bond acceptors (Lipinski definition) is 3. The van der Waals surface area contributed by atoms with Gasteiger partial charge in [0.25, 0.3) is 5.91 Å². The van der Waals surface area contributed by atoms with Crippen LogP contribution in [0.1, 0.15) is 27.9 Å². The first-order valence-corrected chi connectivity index (χ1v) is 8.50. The number of amides is 2. The third kappa shape index (κ3) is 2.36. The lowest BCUT2D eigenvalue weighted by atomic mass is 9.81. The van der Waals surface area contributed by atoms with Gasteiger partial charge in [0.05, 0.1) is 12.5 Å². The molecule has 2 aromatic rings. The number of nitrogens with one attached hydrogen (secondary N) is 1. The van der Waals surface area contributed by atoms with Gasteiger partial charge in [0, 0.05) is 24.3 Å². The third-order valence-corrected chi connectivity index (χ3v) is 5.40. The second-order valence-electron chi connectivity index (χ2n) is 6.89. The zero-order chi connectivity index (χ0) is 18.5. The van der Waals surface area contributed by atoms with Crippen LogP contribution in [-0.2, 0) is 10.2 Å². The number of likely N-dealkylation sites (tertiary alicyclic amines) is 1. The zero-order valence-electron chi connectivity index (χ0n) is 14.6. The van der Waals surface area contributed by atoms with Crippen LogP contribution in [0.15, 0.2) is 36.4 Å². The van der Waals surface area contributed by atoms with Gasteiger partial charge in [-0.2, -0.15) is 0 Å². The first-order valence-electron chi connectivity index (χ1n) is 8.50. The smallest absolute Gasteiger partial charge is 0.254 e. The molecule has 26 heavy (non-hydrogen) atoms. The fourth-order valence-corrected chi connectivity index (χ4v) is 3.82. The van der Waals surface area contributed by atoms with Crippen molar-refractivity contribution < 1.29 is 18.7 Å². The van der Waals surface area contributed by atoms with E-state index in [1.807, 2.05) is 12.1 Å². The van der Waals surface area contributed by atoms with Crippen LogP contribution in [0.25, 0.3) is 0 Å². The molecule has 5 nitrogen and oxygen atoms in total. The van der Waals surface area contributed by atoms with Crippen molar-refractivity contribution in [2.75, 3.05) is 25.5 Å². The molecule has 0 radical (unpaired) electrons. The van der Waals surface area contributed by atoms with Gasteiger partial charge in [-0.1, -0.05) is 6.07 Å². The Morgan fingerprint density at radius 2 is 2.08 bits per heavy atom. The Hall–Kier alpha value is -2.89. The zero-order valence-corrected chi connectivity index (χ0v) is 14.6. The van der Waals surface area contributed by atoms with Gasteiger partial charge in [-0.3, -0.25) is 9.59 Å². The number of fused-ring (bicyclic) bond motifs is 2. The van der Waals surface area contributed by atoms with Crippen LogP contribution in [0, 0.1) is 12.7 Å². The Morgan fingerprint density at radius 1 is 1.27 bits per heavy atom. The van der Waals surface area contributed by atoms with Crippen molar-refractivity contribution in [1.29, 1.82) is 0 Å². The molecule has 2 aliphatic rings. The second kappa shape index (κ2) is 5.83. The van der Waals surface area contributed by atoms with Gasteiger partial charge >= 0.3 is 0 Å². The van der Waals surface area contributed by atoms with Gasteiger partial charge in [0.15, 0.2) is 0 Å². The van der Waals surface area contributed by atoms with Crippen LogP contribution < -0.4 is 10.1 Å². The van der Waals surface area contributed by atoms with Crippen LogP contribution in [-0.4, -0.2) is 36.9 Å². The predicted octanol–water partition coefficient (Wildman–Crippen LogP) is 2.88. The summed E-state index contributed by atoms with van der Waals surface area (Å²) in [4.78, 5) is 27.1. The highest BCUT2D eigenvalue weighted by molar-refractivity contribution is 6.07.